The van der Waals surface area contributed by atoms with Crippen molar-refractivity contribution in [1.82, 2.24) is 0 Å². The summed E-state index contributed by atoms with van der Waals surface area (Å²) in [7, 11) is 0. The van der Waals surface area contributed by atoms with Crippen LogP contribution in [-0.4, -0.2) is 0 Å². The van der Waals surface area contributed by atoms with Crippen LogP contribution >= 0.6 is 22.7 Å². The maximum Gasteiger partial charge on any atom is 0.0434 e. The molecule has 250 valence electrons. The molecule has 2 heteroatoms. The van der Waals surface area contributed by atoms with Crippen LogP contribution in [0.25, 0.3) is 117 Å². The Labute approximate surface area is 319 Å². The quantitative estimate of drug-likeness (QED) is 0.160. The molecular formula is C52H30S2. The van der Waals surface area contributed by atoms with Crippen LogP contribution in [0.15, 0.2) is 182 Å². The van der Waals surface area contributed by atoms with Gasteiger partial charge in [-0.1, -0.05) is 164 Å². The van der Waals surface area contributed by atoms with Gasteiger partial charge in [0.05, 0.1) is 0 Å². The van der Waals surface area contributed by atoms with E-state index in [1.54, 1.807) is 0 Å². The van der Waals surface area contributed by atoms with E-state index in [1.165, 1.54) is 117 Å². The molecule has 0 aliphatic rings. The van der Waals surface area contributed by atoms with Crippen molar-refractivity contribution in [3.8, 4) is 33.4 Å². The van der Waals surface area contributed by atoms with Gasteiger partial charge in [0.25, 0.3) is 0 Å². The minimum Gasteiger partial charge on any atom is -0.135 e. The summed E-state index contributed by atoms with van der Waals surface area (Å²) in [5.74, 6) is 0. The molecule has 12 rings (SSSR count). The molecule has 0 amide bonds. The molecule has 0 unspecified atom stereocenters. The lowest BCUT2D eigenvalue weighted by atomic mass is 9.83. The van der Waals surface area contributed by atoms with Gasteiger partial charge < -0.3 is 0 Å². The van der Waals surface area contributed by atoms with Gasteiger partial charge in [-0.15, -0.1) is 22.7 Å². The predicted molar refractivity (Wildman–Crippen MR) is 239 cm³/mol. The largest absolute Gasteiger partial charge is 0.135 e. The molecule has 0 atom stereocenters. The fourth-order valence-corrected chi connectivity index (χ4v) is 11.5. The van der Waals surface area contributed by atoms with Crippen molar-refractivity contribution in [2.75, 3.05) is 0 Å². The number of hydrogen-bond donors (Lipinski definition) is 0. The van der Waals surface area contributed by atoms with E-state index in [0.717, 1.165) is 0 Å². The number of fused-ring (bicyclic) bond motifs is 12. The zero-order valence-electron chi connectivity index (χ0n) is 29.1. The summed E-state index contributed by atoms with van der Waals surface area (Å²) < 4.78 is 5.40. The molecule has 0 saturated carbocycles. The van der Waals surface area contributed by atoms with Crippen molar-refractivity contribution in [2.24, 2.45) is 0 Å². The highest BCUT2D eigenvalue weighted by Crippen LogP contribution is 2.49. The minimum atomic E-state index is 1.24. The summed E-state index contributed by atoms with van der Waals surface area (Å²) >= 11 is 3.82. The van der Waals surface area contributed by atoms with Crippen LogP contribution < -0.4 is 0 Å². The van der Waals surface area contributed by atoms with Gasteiger partial charge in [0.2, 0.25) is 0 Å². The van der Waals surface area contributed by atoms with Gasteiger partial charge in [-0.2, -0.15) is 0 Å². The Morgan fingerprint density at radius 2 is 0.796 bits per heavy atom. The average Bonchev–Trinajstić information content (AvgIpc) is 3.81. The average molecular weight is 719 g/mol. The van der Waals surface area contributed by atoms with Crippen LogP contribution in [-0.2, 0) is 0 Å². The molecule has 0 aliphatic heterocycles. The Morgan fingerprint density at radius 1 is 0.259 bits per heavy atom. The summed E-state index contributed by atoms with van der Waals surface area (Å²) in [6.45, 7) is 0. The van der Waals surface area contributed by atoms with Crippen LogP contribution in [0.2, 0.25) is 0 Å². The molecule has 0 radical (unpaired) electrons. The molecule has 0 nitrogen and oxygen atoms in total. The van der Waals surface area contributed by atoms with E-state index in [9.17, 15) is 0 Å². The van der Waals surface area contributed by atoms with Gasteiger partial charge in [0.1, 0.15) is 0 Å². The second kappa shape index (κ2) is 11.6. The normalized spacial score (nSPS) is 12.1. The van der Waals surface area contributed by atoms with E-state index in [2.05, 4.69) is 182 Å². The Morgan fingerprint density at radius 3 is 1.54 bits per heavy atom. The molecule has 2 heterocycles. The van der Waals surface area contributed by atoms with Crippen molar-refractivity contribution in [2.45, 2.75) is 0 Å². The maximum atomic E-state index is 2.45. The molecule has 12 aromatic rings. The van der Waals surface area contributed by atoms with Crippen molar-refractivity contribution >= 4 is 106 Å². The third-order valence-electron chi connectivity index (χ3n) is 11.5. The molecule has 54 heavy (non-hydrogen) atoms. The first kappa shape index (κ1) is 30.2. The zero-order chi connectivity index (χ0) is 35.3. The lowest BCUT2D eigenvalue weighted by Gasteiger charge is -2.19. The van der Waals surface area contributed by atoms with Gasteiger partial charge in [-0.25, -0.2) is 0 Å². The molecule has 0 aliphatic carbocycles. The van der Waals surface area contributed by atoms with E-state index < -0.39 is 0 Å². The zero-order valence-corrected chi connectivity index (χ0v) is 30.8. The Bertz CT molecular complexity index is 3430. The Balaban J connectivity index is 1.10. The first-order chi connectivity index (χ1) is 26.8. The summed E-state index contributed by atoms with van der Waals surface area (Å²) in [5.41, 5.74) is 7.62. The van der Waals surface area contributed by atoms with Crippen molar-refractivity contribution in [1.29, 1.82) is 0 Å². The van der Waals surface area contributed by atoms with Crippen LogP contribution in [0.3, 0.4) is 0 Å². The van der Waals surface area contributed by atoms with Crippen LogP contribution in [0.5, 0.6) is 0 Å². The van der Waals surface area contributed by atoms with Crippen molar-refractivity contribution in [3.05, 3.63) is 182 Å². The van der Waals surface area contributed by atoms with Gasteiger partial charge >= 0.3 is 0 Å². The Kier molecular flexibility index (Phi) is 6.48. The molecule has 0 N–H and O–H groups in total. The molecule has 2 aromatic heterocycles. The lowest BCUT2D eigenvalue weighted by Crippen LogP contribution is -1.92. The van der Waals surface area contributed by atoms with E-state index >= 15 is 0 Å². The highest BCUT2D eigenvalue weighted by Gasteiger charge is 2.20. The highest BCUT2D eigenvalue weighted by atomic mass is 32.1. The fraction of sp³-hybridized carbons (Fsp3) is 0. The predicted octanol–water partition coefficient (Wildman–Crippen LogP) is 16.0. The van der Waals surface area contributed by atoms with E-state index in [0.29, 0.717) is 0 Å². The third kappa shape index (κ3) is 4.30. The van der Waals surface area contributed by atoms with Gasteiger partial charge in [-0.05, 0) is 89.3 Å². The SMILES string of the molecule is c1ccc(-c2ccc(-c3c4ccccc4c(-c4ccc5c(c4)sc4ccc6c(ccc7c8ccccc8sc76)c45)c4ccccc34)c3ccccc23)cc1. The molecular weight excluding hydrogens is 689 g/mol. The summed E-state index contributed by atoms with van der Waals surface area (Å²) in [6.07, 6.45) is 0. The Hall–Kier alpha value is -6.32. The molecule has 0 fully saturated rings. The van der Waals surface area contributed by atoms with Crippen LogP contribution in [0.1, 0.15) is 0 Å². The number of benzene rings is 10. The smallest absolute Gasteiger partial charge is 0.0434 e. The topological polar surface area (TPSA) is 0 Å². The van der Waals surface area contributed by atoms with Gasteiger partial charge in [-0.3, -0.25) is 0 Å². The first-order valence-electron chi connectivity index (χ1n) is 18.5. The molecule has 0 bridgehead atoms. The minimum absolute atomic E-state index is 1.24. The second-order valence-corrected chi connectivity index (χ2v) is 16.4. The molecule has 10 aromatic carbocycles. The summed E-state index contributed by atoms with van der Waals surface area (Å²) in [5, 5.41) is 15.8. The van der Waals surface area contributed by atoms with Crippen molar-refractivity contribution < 1.29 is 0 Å². The van der Waals surface area contributed by atoms with Gasteiger partial charge in [0, 0.05) is 45.7 Å². The van der Waals surface area contributed by atoms with Crippen molar-refractivity contribution in [3.63, 3.8) is 0 Å². The molecule has 0 spiro atoms. The number of rotatable bonds is 3. The highest BCUT2D eigenvalue weighted by molar-refractivity contribution is 7.27. The second-order valence-electron chi connectivity index (χ2n) is 14.3. The third-order valence-corrected chi connectivity index (χ3v) is 13.8. The monoisotopic (exact) mass is 718 g/mol. The van der Waals surface area contributed by atoms with E-state index in [4.69, 9.17) is 0 Å². The molecule has 0 saturated heterocycles. The lowest BCUT2D eigenvalue weighted by molar-refractivity contribution is 1.64. The standard InChI is InChI=1S/C52H30S2/c1-2-12-31(13-3-1)33-24-25-41(35-15-5-4-14-34(33)35)50-39-19-8-6-17-37(39)49(38-18-7-9-20-40(38)50)32-22-23-45-48(30-32)53-47-29-28-44-42(51(45)47)26-27-43-36-16-10-11-21-46(36)54-52(43)44/h1-30H. The van der Waals surface area contributed by atoms with E-state index in [-0.39, 0.29) is 0 Å². The first-order valence-corrected chi connectivity index (χ1v) is 20.1. The summed E-state index contributed by atoms with van der Waals surface area (Å²) in [4.78, 5) is 0. The van der Waals surface area contributed by atoms with Crippen LogP contribution in [0.4, 0.5) is 0 Å². The number of hydrogen-bond acceptors (Lipinski definition) is 2. The number of thiophene rings is 2. The van der Waals surface area contributed by atoms with Gasteiger partial charge in [0.15, 0.2) is 0 Å². The fourth-order valence-electron chi connectivity index (χ4n) is 9.13. The summed E-state index contributed by atoms with van der Waals surface area (Å²) in [6, 6.07) is 67.7. The van der Waals surface area contributed by atoms with Crippen LogP contribution in [0, 0.1) is 0 Å². The maximum absolute atomic E-state index is 2.45. The van der Waals surface area contributed by atoms with E-state index in [1.807, 2.05) is 22.7 Å².